The maximum Gasteiger partial charge on any atom is 0.418 e. The third-order valence-corrected chi connectivity index (χ3v) is 3.03. The van der Waals surface area contributed by atoms with Gasteiger partial charge in [0.25, 0.3) is 0 Å². The number of hydrogen-bond donors (Lipinski definition) is 2. The maximum absolute atomic E-state index is 13.4. The van der Waals surface area contributed by atoms with Crippen LogP contribution >= 0.6 is 0 Å². The number of nitrogens with one attached hydrogen (secondary N) is 2. The van der Waals surface area contributed by atoms with Crippen molar-refractivity contribution in [2.45, 2.75) is 12.6 Å². The molecular weight excluding hydrogens is 347 g/mol. The van der Waals surface area contributed by atoms with Crippen LogP contribution < -0.4 is 10.6 Å². The Morgan fingerprint density at radius 2 is 1.48 bits per heavy atom. The van der Waals surface area contributed by atoms with Gasteiger partial charge in [0.15, 0.2) is 0 Å². The minimum atomic E-state index is -4.68. The predicted octanol–water partition coefficient (Wildman–Crippen LogP) is 3.95. The number of alkyl halides is 3. The SMILES string of the molecule is O=C(CC(=O)Nc1ccccc1C(F)(F)F)Nc1ccc(F)cc1F. The van der Waals surface area contributed by atoms with E-state index in [1.807, 2.05) is 10.6 Å². The molecule has 0 aliphatic heterocycles. The largest absolute Gasteiger partial charge is 0.418 e. The van der Waals surface area contributed by atoms with Crippen LogP contribution in [0.5, 0.6) is 0 Å². The Hall–Kier alpha value is -2.97. The highest BCUT2D eigenvalue weighted by molar-refractivity contribution is 6.08. The van der Waals surface area contributed by atoms with E-state index in [4.69, 9.17) is 0 Å². The lowest BCUT2D eigenvalue weighted by molar-refractivity contribution is -0.137. The number of halogens is 5. The molecule has 0 heterocycles. The molecule has 0 atom stereocenters. The molecular formula is C16H11F5N2O2. The Morgan fingerprint density at radius 3 is 2.08 bits per heavy atom. The van der Waals surface area contributed by atoms with E-state index in [2.05, 4.69) is 0 Å². The van der Waals surface area contributed by atoms with Crippen LogP contribution in [0.1, 0.15) is 12.0 Å². The van der Waals surface area contributed by atoms with Crippen LogP contribution in [0.4, 0.5) is 33.3 Å². The van der Waals surface area contributed by atoms with Crippen molar-refractivity contribution in [2.75, 3.05) is 10.6 Å². The van der Waals surface area contributed by atoms with E-state index in [1.54, 1.807) is 0 Å². The van der Waals surface area contributed by atoms with Crippen molar-refractivity contribution in [3.05, 3.63) is 59.7 Å². The molecule has 0 spiro atoms. The average Bonchev–Trinajstić information content (AvgIpc) is 2.49. The monoisotopic (exact) mass is 358 g/mol. The smallest absolute Gasteiger partial charge is 0.325 e. The molecule has 2 aromatic carbocycles. The molecule has 0 saturated heterocycles. The van der Waals surface area contributed by atoms with Crippen molar-refractivity contribution in [3.63, 3.8) is 0 Å². The van der Waals surface area contributed by atoms with Crippen LogP contribution in [-0.4, -0.2) is 11.8 Å². The van der Waals surface area contributed by atoms with Gasteiger partial charge in [-0.3, -0.25) is 9.59 Å². The lowest BCUT2D eigenvalue weighted by Gasteiger charge is -2.13. The predicted molar refractivity (Wildman–Crippen MR) is 79.7 cm³/mol. The van der Waals surface area contributed by atoms with Gasteiger partial charge in [0.1, 0.15) is 18.1 Å². The first-order valence-electron chi connectivity index (χ1n) is 6.88. The molecule has 132 valence electrons. The molecule has 0 bridgehead atoms. The standard InChI is InChI=1S/C16H11F5N2O2/c17-9-5-6-13(11(18)7-9)23-15(25)8-14(24)22-12-4-2-1-3-10(12)16(19,20)21/h1-7H,8H2,(H,22,24)(H,23,25). The van der Waals surface area contributed by atoms with Gasteiger partial charge in [0, 0.05) is 6.07 Å². The summed E-state index contributed by atoms with van der Waals surface area (Å²) in [7, 11) is 0. The summed E-state index contributed by atoms with van der Waals surface area (Å²) in [6, 6.07) is 6.66. The van der Waals surface area contributed by atoms with Gasteiger partial charge in [0.2, 0.25) is 11.8 Å². The highest BCUT2D eigenvalue weighted by Gasteiger charge is 2.33. The molecule has 2 aromatic rings. The lowest BCUT2D eigenvalue weighted by Crippen LogP contribution is -2.23. The molecule has 0 aliphatic rings. The summed E-state index contributed by atoms with van der Waals surface area (Å²) in [6.07, 6.45) is -5.52. The number of para-hydroxylation sites is 1. The molecule has 0 aliphatic carbocycles. The van der Waals surface area contributed by atoms with E-state index in [9.17, 15) is 31.5 Å². The number of carbonyl (C=O) groups is 2. The molecule has 4 nitrogen and oxygen atoms in total. The first-order chi connectivity index (χ1) is 11.7. The number of amides is 2. The van der Waals surface area contributed by atoms with Gasteiger partial charge in [0.05, 0.1) is 16.9 Å². The summed E-state index contributed by atoms with van der Waals surface area (Å²) in [5, 5.41) is 4.02. The molecule has 2 amide bonds. The molecule has 0 unspecified atom stereocenters. The highest BCUT2D eigenvalue weighted by Crippen LogP contribution is 2.34. The van der Waals surface area contributed by atoms with Crippen LogP contribution in [0.2, 0.25) is 0 Å². The number of carbonyl (C=O) groups excluding carboxylic acids is 2. The van der Waals surface area contributed by atoms with Crippen molar-refractivity contribution in [1.29, 1.82) is 0 Å². The summed E-state index contributed by atoms with van der Waals surface area (Å²) < 4.78 is 64.6. The first-order valence-corrected chi connectivity index (χ1v) is 6.88. The minimum Gasteiger partial charge on any atom is -0.325 e. The van der Waals surface area contributed by atoms with Gasteiger partial charge < -0.3 is 10.6 Å². The zero-order valence-electron chi connectivity index (χ0n) is 12.5. The van der Waals surface area contributed by atoms with Crippen LogP contribution in [0.3, 0.4) is 0 Å². The molecule has 0 fully saturated rings. The molecule has 0 radical (unpaired) electrons. The van der Waals surface area contributed by atoms with Gasteiger partial charge in [-0.2, -0.15) is 13.2 Å². The quantitative estimate of drug-likeness (QED) is 0.642. The van der Waals surface area contributed by atoms with E-state index in [-0.39, 0.29) is 5.69 Å². The fourth-order valence-corrected chi connectivity index (χ4v) is 1.96. The maximum atomic E-state index is 13.4. The van der Waals surface area contributed by atoms with Crippen LogP contribution in [0, 0.1) is 11.6 Å². The summed E-state index contributed by atoms with van der Waals surface area (Å²) in [6.45, 7) is 0. The van der Waals surface area contributed by atoms with Gasteiger partial charge in [-0.05, 0) is 24.3 Å². The van der Waals surface area contributed by atoms with E-state index in [0.717, 1.165) is 30.3 Å². The average molecular weight is 358 g/mol. The zero-order valence-corrected chi connectivity index (χ0v) is 12.5. The molecule has 2 N–H and O–H groups in total. The van der Waals surface area contributed by atoms with Crippen LogP contribution in [0.15, 0.2) is 42.5 Å². The van der Waals surface area contributed by atoms with E-state index in [0.29, 0.717) is 6.07 Å². The number of hydrogen-bond acceptors (Lipinski definition) is 2. The Morgan fingerprint density at radius 1 is 0.880 bits per heavy atom. The van der Waals surface area contributed by atoms with Gasteiger partial charge in [-0.25, -0.2) is 8.78 Å². The number of benzene rings is 2. The number of anilines is 2. The van der Waals surface area contributed by atoms with Gasteiger partial charge >= 0.3 is 6.18 Å². The summed E-state index contributed by atoms with van der Waals surface area (Å²) in [5.74, 6) is -3.88. The zero-order chi connectivity index (χ0) is 18.6. The van der Waals surface area contributed by atoms with Gasteiger partial charge in [-0.1, -0.05) is 12.1 Å². The first kappa shape index (κ1) is 18.4. The third kappa shape index (κ3) is 5.00. The second-order valence-corrected chi connectivity index (χ2v) is 4.94. The van der Waals surface area contributed by atoms with Gasteiger partial charge in [-0.15, -0.1) is 0 Å². The van der Waals surface area contributed by atoms with Crippen LogP contribution in [-0.2, 0) is 15.8 Å². The van der Waals surface area contributed by atoms with Crippen LogP contribution in [0.25, 0.3) is 0 Å². The van der Waals surface area contributed by atoms with Crippen molar-refractivity contribution >= 4 is 23.2 Å². The molecule has 0 aromatic heterocycles. The van der Waals surface area contributed by atoms with E-state index in [1.165, 1.54) is 6.07 Å². The van der Waals surface area contributed by atoms with E-state index >= 15 is 0 Å². The van der Waals surface area contributed by atoms with E-state index < -0.39 is 47.3 Å². The summed E-state index contributed by atoms with van der Waals surface area (Å²) >= 11 is 0. The molecule has 9 heteroatoms. The fourth-order valence-electron chi connectivity index (χ4n) is 1.96. The Balaban J connectivity index is 2.02. The van der Waals surface area contributed by atoms with Crippen molar-refractivity contribution in [3.8, 4) is 0 Å². The Labute approximate surface area is 138 Å². The fraction of sp³-hybridized carbons (Fsp3) is 0.125. The Bertz CT molecular complexity index is 805. The summed E-state index contributed by atoms with van der Waals surface area (Å²) in [4.78, 5) is 23.4. The highest BCUT2D eigenvalue weighted by atomic mass is 19.4. The van der Waals surface area contributed by atoms with Crippen molar-refractivity contribution in [1.82, 2.24) is 0 Å². The third-order valence-electron chi connectivity index (χ3n) is 3.03. The molecule has 25 heavy (non-hydrogen) atoms. The van der Waals surface area contributed by atoms with Crippen molar-refractivity contribution in [2.24, 2.45) is 0 Å². The topological polar surface area (TPSA) is 58.2 Å². The minimum absolute atomic E-state index is 0.352. The second kappa shape index (κ2) is 7.29. The normalized spacial score (nSPS) is 11.1. The summed E-state index contributed by atoms with van der Waals surface area (Å²) in [5.41, 5.74) is -1.91. The lowest BCUT2D eigenvalue weighted by atomic mass is 10.1. The number of rotatable bonds is 4. The molecule has 2 rings (SSSR count). The Kier molecular flexibility index (Phi) is 5.35. The molecule has 0 saturated carbocycles. The second-order valence-electron chi connectivity index (χ2n) is 4.94. The van der Waals surface area contributed by atoms with Crippen molar-refractivity contribution < 1.29 is 31.5 Å².